The number of esters is 13. The van der Waals surface area contributed by atoms with Crippen molar-refractivity contribution in [2.75, 3.05) is 79.3 Å². The molecule has 1 rings (SSSR count). The summed E-state index contributed by atoms with van der Waals surface area (Å²) in [7, 11) is 0. The molecule has 1 aromatic rings. The summed E-state index contributed by atoms with van der Waals surface area (Å²) in [6, 6.07) is 5.37. The van der Waals surface area contributed by atoms with Crippen molar-refractivity contribution in [3.05, 3.63) is 35.4 Å². The second-order valence-corrected chi connectivity index (χ2v) is 26.8. The summed E-state index contributed by atoms with van der Waals surface area (Å²) in [5, 5.41) is 9.47. The zero-order valence-electron chi connectivity index (χ0n) is 64.3. The topological polar surface area (TPSA) is 379 Å². The monoisotopic (exact) mass is 1520 g/mol. The van der Waals surface area contributed by atoms with Crippen LogP contribution in [0.15, 0.2) is 24.3 Å². The van der Waals surface area contributed by atoms with Crippen LogP contribution in [0.3, 0.4) is 0 Å². The van der Waals surface area contributed by atoms with Gasteiger partial charge in [-0.15, -0.1) is 0 Å². The molecule has 107 heavy (non-hydrogen) atoms. The van der Waals surface area contributed by atoms with Gasteiger partial charge in [0.15, 0.2) is 6.10 Å². The minimum Gasteiger partial charge on any atom is -0.478 e. The number of carbonyl (C=O) groups is 14. The highest BCUT2D eigenvalue weighted by Crippen LogP contribution is 2.23. The summed E-state index contributed by atoms with van der Waals surface area (Å²) in [5.74, 6) is -7.01. The SMILES string of the molecule is CCCCOC(=O)CCCCCOC(=O)CCCCCOC(=O)CCCCCOC(=O)CCCCCOC(=O)CCCCCOC(=O)CCCCCOC(=O)CCCCCOC(=O)CCCCCOC(=O)CCCCCOC(=O)CCC(=O)OCC(COC(=O)C(C)(C)CC)OC(=O)c1ccccc1C(=O)O. The van der Waals surface area contributed by atoms with Crippen LogP contribution in [0.4, 0.5) is 0 Å². The average Bonchev–Trinajstić information content (AvgIpc) is 0.841. The number of rotatable bonds is 69. The zero-order valence-corrected chi connectivity index (χ0v) is 64.3. The van der Waals surface area contributed by atoms with Gasteiger partial charge in [-0.1, -0.05) is 32.4 Å². The molecule has 0 saturated carbocycles. The molecule has 28 nitrogen and oxygen atoms in total. The number of carboxylic acids is 1. The van der Waals surface area contributed by atoms with Crippen molar-refractivity contribution in [2.24, 2.45) is 5.41 Å². The summed E-state index contributed by atoms with van der Waals surface area (Å²) in [4.78, 5) is 170. The molecular weight excluding hydrogens is 1400 g/mol. The van der Waals surface area contributed by atoms with Crippen LogP contribution in [-0.2, 0) is 119 Å². The van der Waals surface area contributed by atoms with Crippen LogP contribution < -0.4 is 0 Å². The molecule has 0 aromatic heterocycles. The Bertz CT molecular complexity index is 2720. The normalized spacial score (nSPS) is 11.3. The minimum atomic E-state index is -1.36. The van der Waals surface area contributed by atoms with E-state index in [0.717, 1.165) is 32.1 Å². The fourth-order valence-corrected chi connectivity index (χ4v) is 9.81. The van der Waals surface area contributed by atoms with Crippen molar-refractivity contribution in [3.8, 4) is 0 Å². The first-order valence-electron chi connectivity index (χ1n) is 39.0. The number of ether oxygens (including phenoxy) is 13. The molecular formula is C79H124O28. The Morgan fingerprint density at radius 2 is 0.514 bits per heavy atom. The van der Waals surface area contributed by atoms with Crippen molar-refractivity contribution in [1.29, 1.82) is 0 Å². The third kappa shape index (κ3) is 57.6. The van der Waals surface area contributed by atoms with Crippen LogP contribution in [0.2, 0.25) is 0 Å². The van der Waals surface area contributed by atoms with Crippen LogP contribution in [0.1, 0.15) is 312 Å². The number of carboxylic acid groups (broad SMARTS) is 1. The zero-order chi connectivity index (χ0) is 78.8. The van der Waals surface area contributed by atoms with Crippen molar-refractivity contribution in [2.45, 2.75) is 297 Å². The molecule has 0 aliphatic rings. The van der Waals surface area contributed by atoms with Gasteiger partial charge in [0, 0.05) is 57.8 Å². The van der Waals surface area contributed by atoms with Crippen LogP contribution in [0, 0.1) is 5.41 Å². The molecule has 1 N–H and O–H groups in total. The van der Waals surface area contributed by atoms with Gasteiger partial charge in [0.1, 0.15) is 13.2 Å². The largest absolute Gasteiger partial charge is 0.478 e. The maximum Gasteiger partial charge on any atom is 0.339 e. The Hall–Kier alpha value is -8.20. The Morgan fingerprint density at radius 3 is 0.757 bits per heavy atom. The van der Waals surface area contributed by atoms with E-state index in [1.54, 1.807) is 20.8 Å². The van der Waals surface area contributed by atoms with Crippen LogP contribution in [0.5, 0.6) is 0 Å². The maximum atomic E-state index is 12.9. The molecule has 608 valence electrons. The first-order chi connectivity index (χ1) is 51.6. The van der Waals surface area contributed by atoms with Crippen LogP contribution in [-0.4, -0.2) is 174 Å². The van der Waals surface area contributed by atoms with Crippen molar-refractivity contribution in [3.63, 3.8) is 0 Å². The van der Waals surface area contributed by atoms with Gasteiger partial charge in [-0.25, -0.2) is 9.59 Å². The van der Waals surface area contributed by atoms with E-state index in [-0.39, 0.29) is 169 Å². The summed E-state index contributed by atoms with van der Waals surface area (Å²) < 4.78 is 68.5. The lowest BCUT2D eigenvalue weighted by Gasteiger charge is -2.23. The lowest BCUT2D eigenvalue weighted by Crippen LogP contribution is -2.34. The highest BCUT2D eigenvalue weighted by molar-refractivity contribution is 6.02. The Kier molecular flexibility index (Phi) is 58.7. The maximum absolute atomic E-state index is 12.9. The van der Waals surface area contributed by atoms with E-state index < -0.39 is 54.6 Å². The van der Waals surface area contributed by atoms with Crippen molar-refractivity contribution >= 4 is 83.6 Å². The van der Waals surface area contributed by atoms with Gasteiger partial charge < -0.3 is 66.7 Å². The molecule has 0 bridgehead atoms. The predicted octanol–water partition coefficient (Wildman–Crippen LogP) is 13.5. The van der Waals surface area contributed by atoms with Crippen molar-refractivity contribution in [1.82, 2.24) is 0 Å². The van der Waals surface area contributed by atoms with Gasteiger partial charge in [-0.05, 0) is 212 Å². The Labute approximate surface area is 632 Å². The number of aromatic carboxylic acids is 1. The molecule has 1 unspecified atom stereocenters. The molecule has 0 fully saturated rings. The number of carbonyl (C=O) groups excluding carboxylic acids is 13. The van der Waals surface area contributed by atoms with E-state index in [1.165, 1.54) is 24.3 Å². The van der Waals surface area contributed by atoms with E-state index in [1.807, 2.05) is 6.92 Å². The molecule has 1 atom stereocenters. The molecule has 1 aromatic carbocycles. The van der Waals surface area contributed by atoms with Gasteiger partial charge >= 0.3 is 83.6 Å². The molecule has 0 radical (unpaired) electrons. The molecule has 0 aliphatic heterocycles. The molecule has 0 aliphatic carbocycles. The molecule has 0 saturated heterocycles. The van der Waals surface area contributed by atoms with Crippen molar-refractivity contribution < 1.29 is 134 Å². The Balaban J connectivity index is 1.91. The second kappa shape index (κ2) is 64.9. The second-order valence-electron chi connectivity index (χ2n) is 26.8. The van der Waals surface area contributed by atoms with E-state index in [4.69, 9.17) is 61.6 Å². The standard InChI is InChI=1S/C79H124O28/c1-5-7-50-95-65(80)39-17-8-28-51-96-66(81)40-18-9-29-52-97-67(82)41-19-10-30-53-98-68(83)42-20-11-31-54-99-69(84)43-21-12-32-55-100-70(85)44-22-13-33-56-101-71(86)45-23-14-34-57-102-72(87)46-24-15-35-58-103-73(88)47-25-16-36-59-104-74(89)48-49-75(90)105-60-62(61-106-78(94)79(3,4)6-2)107-77(93)64-38-27-26-37-63(64)76(91)92/h26-27,37-38,62H,5-25,28-36,39-61H2,1-4H3,(H,91,92). The van der Waals surface area contributed by atoms with Gasteiger partial charge in [0.2, 0.25) is 0 Å². The first-order valence-corrected chi connectivity index (χ1v) is 39.0. The highest BCUT2D eigenvalue weighted by Gasteiger charge is 2.30. The average molecular weight is 1520 g/mol. The number of hydrogen-bond acceptors (Lipinski definition) is 27. The van der Waals surface area contributed by atoms with Gasteiger partial charge in [-0.2, -0.15) is 0 Å². The van der Waals surface area contributed by atoms with E-state index >= 15 is 0 Å². The molecule has 0 heterocycles. The third-order valence-corrected chi connectivity index (χ3v) is 16.8. The lowest BCUT2D eigenvalue weighted by atomic mass is 9.91. The first kappa shape index (κ1) is 96.8. The predicted molar refractivity (Wildman–Crippen MR) is 389 cm³/mol. The summed E-state index contributed by atoms with van der Waals surface area (Å²) in [6.45, 7) is 8.87. The smallest absolute Gasteiger partial charge is 0.339 e. The third-order valence-electron chi connectivity index (χ3n) is 16.8. The summed E-state index contributed by atoms with van der Waals surface area (Å²) in [6.07, 6.45) is 20.1. The fourth-order valence-electron chi connectivity index (χ4n) is 9.81. The lowest BCUT2D eigenvalue weighted by molar-refractivity contribution is -0.161. The summed E-state index contributed by atoms with van der Waals surface area (Å²) >= 11 is 0. The van der Waals surface area contributed by atoms with Gasteiger partial charge in [0.25, 0.3) is 0 Å². The van der Waals surface area contributed by atoms with Crippen LogP contribution in [0.25, 0.3) is 0 Å². The van der Waals surface area contributed by atoms with Gasteiger partial charge in [-0.3, -0.25) is 57.5 Å². The van der Waals surface area contributed by atoms with Gasteiger partial charge in [0.05, 0.1) is 95.5 Å². The highest BCUT2D eigenvalue weighted by atomic mass is 16.6. The quantitative estimate of drug-likeness (QED) is 0.0359. The molecule has 0 amide bonds. The van der Waals surface area contributed by atoms with E-state index in [2.05, 4.69) is 0 Å². The Morgan fingerprint density at radius 1 is 0.290 bits per heavy atom. The number of hydrogen-bond donors (Lipinski definition) is 1. The summed E-state index contributed by atoms with van der Waals surface area (Å²) in [5.41, 5.74) is -1.41. The fraction of sp³-hybridized carbons (Fsp3) is 0.747. The molecule has 28 heteroatoms. The number of benzene rings is 1. The van der Waals surface area contributed by atoms with Crippen LogP contribution >= 0.6 is 0 Å². The minimum absolute atomic E-state index is 0.0663. The van der Waals surface area contributed by atoms with E-state index in [9.17, 15) is 72.2 Å². The molecule has 0 spiro atoms. The number of unbranched alkanes of at least 4 members (excludes halogenated alkanes) is 19. The van der Waals surface area contributed by atoms with E-state index in [0.29, 0.717) is 193 Å².